The van der Waals surface area contributed by atoms with Gasteiger partial charge in [-0.05, 0) is 40.8 Å². The molecule has 1 aromatic carbocycles. The second-order valence-corrected chi connectivity index (χ2v) is 5.95. The maximum Gasteiger partial charge on any atom is 0.337 e. The van der Waals surface area contributed by atoms with E-state index in [2.05, 4.69) is 15.6 Å². The SMILES string of the molecule is O=C(NCc1nccs1)Nc1ccc(I)cc1C(=O)O. The van der Waals surface area contributed by atoms with Gasteiger partial charge in [0.1, 0.15) is 5.01 Å². The molecule has 0 aliphatic carbocycles. The van der Waals surface area contributed by atoms with E-state index in [9.17, 15) is 9.59 Å². The summed E-state index contributed by atoms with van der Waals surface area (Å²) in [5.74, 6) is -1.08. The molecule has 0 aliphatic rings. The van der Waals surface area contributed by atoms with Crippen LogP contribution in [-0.2, 0) is 6.54 Å². The van der Waals surface area contributed by atoms with Crippen molar-refractivity contribution in [2.45, 2.75) is 6.54 Å². The highest BCUT2D eigenvalue weighted by Crippen LogP contribution is 2.19. The zero-order valence-corrected chi connectivity index (χ0v) is 13.1. The number of carbonyl (C=O) groups excluding carboxylic acids is 1. The number of halogens is 1. The summed E-state index contributed by atoms with van der Waals surface area (Å²) >= 11 is 3.45. The van der Waals surface area contributed by atoms with E-state index >= 15 is 0 Å². The Morgan fingerprint density at radius 3 is 2.85 bits per heavy atom. The largest absolute Gasteiger partial charge is 0.478 e. The summed E-state index contributed by atoms with van der Waals surface area (Å²) in [6.45, 7) is 0.302. The van der Waals surface area contributed by atoms with Gasteiger partial charge < -0.3 is 15.7 Å². The Kier molecular flexibility index (Phi) is 4.90. The molecule has 0 bridgehead atoms. The Morgan fingerprint density at radius 1 is 1.40 bits per heavy atom. The summed E-state index contributed by atoms with van der Waals surface area (Å²) in [7, 11) is 0. The molecule has 0 unspecified atom stereocenters. The van der Waals surface area contributed by atoms with Crippen molar-refractivity contribution in [3.05, 3.63) is 43.9 Å². The second kappa shape index (κ2) is 6.66. The molecule has 104 valence electrons. The van der Waals surface area contributed by atoms with Crippen LogP contribution in [0.15, 0.2) is 29.8 Å². The van der Waals surface area contributed by atoms with Crippen LogP contribution in [0, 0.1) is 3.57 Å². The van der Waals surface area contributed by atoms with E-state index in [1.54, 1.807) is 18.3 Å². The molecular weight excluding hydrogens is 393 g/mol. The Labute approximate surface area is 132 Å². The van der Waals surface area contributed by atoms with Gasteiger partial charge in [0.25, 0.3) is 0 Å². The molecule has 0 saturated carbocycles. The number of rotatable bonds is 4. The van der Waals surface area contributed by atoms with Crippen molar-refractivity contribution in [2.24, 2.45) is 0 Å². The lowest BCUT2D eigenvalue weighted by atomic mass is 10.2. The fourth-order valence-corrected chi connectivity index (χ4v) is 2.51. The number of carboxylic acids is 1. The molecule has 6 nitrogen and oxygen atoms in total. The van der Waals surface area contributed by atoms with E-state index in [-0.39, 0.29) is 11.3 Å². The van der Waals surface area contributed by atoms with Gasteiger partial charge in [0.15, 0.2) is 0 Å². The molecular formula is C12H10IN3O3S. The van der Waals surface area contributed by atoms with Crippen LogP contribution in [0.3, 0.4) is 0 Å². The molecule has 0 spiro atoms. The summed E-state index contributed by atoms with van der Waals surface area (Å²) in [4.78, 5) is 26.9. The topological polar surface area (TPSA) is 91.3 Å². The number of amides is 2. The third-order valence-corrected chi connectivity index (χ3v) is 3.79. The number of carbonyl (C=O) groups is 2. The number of thiazole rings is 1. The van der Waals surface area contributed by atoms with Gasteiger partial charge in [-0.25, -0.2) is 14.6 Å². The summed E-state index contributed by atoms with van der Waals surface area (Å²) in [6.07, 6.45) is 1.65. The van der Waals surface area contributed by atoms with Crippen LogP contribution in [0.25, 0.3) is 0 Å². The van der Waals surface area contributed by atoms with Gasteiger partial charge in [-0.1, -0.05) is 0 Å². The fourth-order valence-electron chi connectivity index (χ4n) is 1.47. The van der Waals surface area contributed by atoms with Gasteiger partial charge in [-0.3, -0.25) is 0 Å². The second-order valence-electron chi connectivity index (χ2n) is 3.73. The Bertz CT molecular complexity index is 631. The van der Waals surface area contributed by atoms with Crippen LogP contribution in [0.2, 0.25) is 0 Å². The van der Waals surface area contributed by atoms with Crippen molar-refractivity contribution in [3.8, 4) is 0 Å². The molecule has 1 aromatic heterocycles. The molecule has 0 fully saturated rings. The predicted molar refractivity (Wildman–Crippen MR) is 84.1 cm³/mol. The molecule has 1 heterocycles. The number of aromatic nitrogens is 1. The van der Waals surface area contributed by atoms with Gasteiger partial charge in [0.05, 0.1) is 17.8 Å². The number of aromatic carboxylic acids is 1. The number of nitrogens with zero attached hydrogens (tertiary/aromatic N) is 1. The van der Waals surface area contributed by atoms with Gasteiger partial charge in [-0.2, -0.15) is 0 Å². The maximum absolute atomic E-state index is 11.7. The van der Waals surface area contributed by atoms with Crippen molar-refractivity contribution >= 4 is 51.6 Å². The number of anilines is 1. The maximum atomic E-state index is 11.7. The van der Waals surface area contributed by atoms with Crippen molar-refractivity contribution < 1.29 is 14.7 Å². The van der Waals surface area contributed by atoms with E-state index in [0.717, 1.165) is 8.58 Å². The normalized spacial score (nSPS) is 10.1. The standard InChI is InChI=1S/C12H10IN3O3S/c13-7-1-2-9(8(5-7)11(17)18)16-12(19)15-6-10-14-3-4-20-10/h1-5H,6H2,(H,17,18)(H2,15,16,19). The molecule has 0 saturated heterocycles. The highest BCUT2D eigenvalue weighted by atomic mass is 127. The lowest BCUT2D eigenvalue weighted by Crippen LogP contribution is -2.28. The van der Waals surface area contributed by atoms with Crippen molar-refractivity contribution in [1.29, 1.82) is 0 Å². The minimum atomic E-state index is -1.08. The number of hydrogen-bond acceptors (Lipinski definition) is 4. The average Bonchev–Trinajstić information content (AvgIpc) is 2.91. The van der Waals surface area contributed by atoms with E-state index in [1.807, 2.05) is 28.0 Å². The lowest BCUT2D eigenvalue weighted by Gasteiger charge is -2.09. The van der Waals surface area contributed by atoms with E-state index in [1.165, 1.54) is 17.4 Å². The van der Waals surface area contributed by atoms with Crippen molar-refractivity contribution in [1.82, 2.24) is 10.3 Å². The molecule has 2 amide bonds. The first kappa shape index (κ1) is 14.7. The highest BCUT2D eigenvalue weighted by molar-refractivity contribution is 14.1. The molecule has 2 rings (SSSR count). The quantitative estimate of drug-likeness (QED) is 0.685. The number of hydrogen-bond donors (Lipinski definition) is 3. The van der Waals surface area contributed by atoms with Crippen LogP contribution >= 0.6 is 33.9 Å². The van der Waals surface area contributed by atoms with Gasteiger partial charge in [0.2, 0.25) is 0 Å². The number of nitrogens with one attached hydrogen (secondary N) is 2. The Hall–Kier alpha value is -1.68. The van der Waals surface area contributed by atoms with E-state index in [0.29, 0.717) is 6.54 Å². The number of carboxylic acid groups (broad SMARTS) is 1. The third kappa shape index (κ3) is 3.90. The molecule has 2 aromatic rings. The highest BCUT2D eigenvalue weighted by Gasteiger charge is 2.13. The molecule has 0 atom stereocenters. The average molecular weight is 403 g/mol. The molecule has 20 heavy (non-hydrogen) atoms. The summed E-state index contributed by atoms with van der Waals surface area (Å²) in [5, 5.41) is 16.8. The van der Waals surface area contributed by atoms with Crippen molar-refractivity contribution in [3.63, 3.8) is 0 Å². The number of benzene rings is 1. The molecule has 0 radical (unpaired) electrons. The van der Waals surface area contributed by atoms with E-state index in [4.69, 9.17) is 5.11 Å². The van der Waals surface area contributed by atoms with Crippen LogP contribution in [0.5, 0.6) is 0 Å². The zero-order valence-electron chi connectivity index (χ0n) is 10.1. The summed E-state index contributed by atoms with van der Waals surface area (Å²) in [6, 6.07) is 4.32. The fraction of sp³-hybridized carbons (Fsp3) is 0.0833. The van der Waals surface area contributed by atoms with Gasteiger partial charge in [0, 0.05) is 15.1 Å². The minimum Gasteiger partial charge on any atom is -0.478 e. The molecule has 8 heteroatoms. The molecule has 0 aliphatic heterocycles. The first-order valence-corrected chi connectivity index (χ1v) is 7.48. The Balaban J connectivity index is 2.02. The van der Waals surface area contributed by atoms with E-state index < -0.39 is 12.0 Å². The van der Waals surface area contributed by atoms with Gasteiger partial charge in [-0.15, -0.1) is 11.3 Å². The smallest absolute Gasteiger partial charge is 0.337 e. The zero-order chi connectivity index (χ0) is 14.5. The van der Waals surface area contributed by atoms with Crippen LogP contribution < -0.4 is 10.6 Å². The van der Waals surface area contributed by atoms with Gasteiger partial charge >= 0.3 is 12.0 Å². The first-order valence-electron chi connectivity index (χ1n) is 5.52. The first-order chi connectivity index (χ1) is 9.56. The van der Waals surface area contributed by atoms with Crippen LogP contribution in [0.4, 0.5) is 10.5 Å². The van der Waals surface area contributed by atoms with Crippen molar-refractivity contribution in [2.75, 3.05) is 5.32 Å². The monoisotopic (exact) mass is 403 g/mol. The van der Waals surface area contributed by atoms with Crippen LogP contribution in [-0.4, -0.2) is 22.1 Å². The predicted octanol–water partition coefficient (Wildman–Crippen LogP) is 2.77. The third-order valence-electron chi connectivity index (χ3n) is 2.34. The lowest BCUT2D eigenvalue weighted by molar-refractivity contribution is 0.0698. The Morgan fingerprint density at radius 2 is 2.20 bits per heavy atom. The van der Waals surface area contributed by atoms with Crippen LogP contribution in [0.1, 0.15) is 15.4 Å². The number of urea groups is 1. The summed E-state index contributed by atoms with van der Waals surface area (Å²) < 4.78 is 0.786. The summed E-state index contributed by atoms with van der Waals surface area (Å²) in [5.41, 5.74) is 0.316. The minimum absolute atomic E-state index is 0.0568. The molecule has 3 N–H and O–H groups in total.